The molecular formula is C19H11Cl3N4O4S. The minimum Gasteiger partial charge on any atom is -0.507 e. The number of H-pyrrole nitrogens is 1. The summed E-state index contributed by atoms with van der Waals surface area (Å²) < 4.78 is 27.6. The minimum atomic E-state index is -4.21. The van der Waals surface area contributed by atoms with Crippen LogP contribution in [0.2, 0.25) is 15.1 Å². The van der Waals surface area contributed by atoms with Crippen LogP contribution in [0.15, 0.2) is 59.9 Å². The van der Waals surface area contributed by atoms with Gasteiger partial charge in [0.15, 0.2) is 5.82 Å². The Morgan fingerprint density at radius 2 is 1.81 bits per heavy atom. The maximum absolute atomic E-state index is 13.3. The van der Waals surface area contributed by atoms with Crippen LogP contribution in [0.1, 0.15) is 16.2 Å². The zero-order valence-corrected chi connectivity index (χ0v) is 18.3. The molecule has 0 aliphatic rings. The highest BCUT2D eigenvalue weighted by atomic mass is 35.5. The number of aliphatic hydroxyl groups is 1. The predicted octanol–water partition coefficient (Wildman–Crippen LogP) is 4.74. The van der Waals surface area contributed by atoms with Crippen molar-refractivity contribution in [3.05, 3.63) is 81.5 Å². The standard InChI is InChI=1S/C19H11Cl3N4O4S/c20-10-2-4-15-12(5-10)13(16(27)7-17(28)19-23-9-24-25-19)8-26(15)31(29,30)18-6-11(21)1-3-14(18)22/h1-9,27H,(H,23,24,25)/b16-7+. The maximum Gasteiger partial charge on any atom is 0.269 e. The van der Waals surface area contributed by atoms with E-state index in [1.165, 1.54) is 42.6 Å². The van der Waals surface area contributed by atoms with E-state index >= 15 is 0 Å². The molecule has 2 heterocycles. The predicted molar refractivity (Wildman–Crippen MR) is 117 cm³/mol. The van der Waals surface area contributed by atoms with Crippen molar-refractivity contribution in [1.29, 1.82) is 0 Å². The van der Waals surface area contributed by atoms with Gasteiger partial charge in [-0.25, -0.2) is 17.4 Å². The number of rotatable bonds is 5. The maximum atomic E-state index is 13.3. The second kappa shape index (κ2) is 8.01. The monoisotopic (exact) mass is 496 g/mol. The first kappa shape index (κ1) is 21.4. The Hall–Kier alpha value is -2.85. The van der Waals surface area contributed by atoms with Crippen LogP contribution in [-0.4, -0.2) is 38.5 Å². The van der Waals surface area contributed by atoms with Crippen LogP contribution in [0.4, 0.5) is 0 Å². The number of aromatic nitrogens is 4. The van der Waals surface area contributed by atoms with Crippen LogP contribution >= 0.6 is 34.8 Å². The SMILES string of the molecule is O=C(/C=C(/O)c1cn(S(=O)(=O)c2cc(Cl)ccc2Cl)c2ccc(Cl)cc12)c1ncn[nH]1. The molecule has 31 heavy (non-hydrogen) atoms. The molecule has 8 nitrogen and oxygen atoms in total. The molecule has 158 valence electrons. The Morgan fingerprint density at radius 3 is 2.52 bits per heavy atom. The van der Waals surface area contributed by atoms with Gasteiger partial charge in [-0.3, -0.25) is 9.89 Å². The van der Waals surface area contributed by atoms with Gasteiger partial charge in [0.05, 0.1) is 10.5 Å². The van der Waals surface area contributed by atoms with Crippen LogP contribution in [-0.2, 0) is 10.0 Å². The fourth-order valence-electron chi connectivity index (χ4n) is 2.95. The highest BCUT2D eigenvalue weighted by molar-refractivity contribution is 7.90. The van der Waals surface area contributed by atoms with Gasteiger partial charge >= 0.3 is 0 Å². The zero-order valence-electron chi connectivity index (χ0n) is 15.3. The van der Waals surface area contributed by atoms with Crippen LogP contribution in [0, 0.1) is 0 Å². The highest BCUT2D eigenvalue weighted by Gasteiger charge is 2.25. The highest BCUT2D eigenvalue weighted by Crippen LogP contribution is 2.34. The minimum absolute atomic E-state index is 0.0259. The smallest absolute Gasteiger partial charge is 0.269 e. The lowest BCUT2D eigenvalue weighted by Crippen LogP contribution is -2.12. The molecule has 12 heteroatoms. The zero-order chi connectivity index (χ0) is 22.3. The molecule has 0 radical (unpaired) electrons. The molecule has 0 saturated heterocycles. The summed E-state index contributed by atoms with van der Waals surface area (Å²) in [6, 6.07) is 8.51. The number of benzene rings is 2. The van der Waals surface area contributed by atoms with E-state index in [-0.39, 0.29) is 31.8 Å². The summed E-state index contributed by atoms with van der Waals surface area (Å²) in [5.74, 6) is -1.23. The summed E-state index contributed by atoms with van der Waals surface area (Å²) in [5, 5.41) is 17.3. The lowest BCUT2D eigenvalue weighted by molar-refractivity contribution is 0.103. The van der Waals surface area contributed by atoms with Gasteiger partial charge in [0.25, 0.3) is 10.0 Å². The molecular weight excluding hydrogens is 487 g/mol. The third kappa shape index (κ3) is 3.92. The van der Waals surface area contributed by atoms with E-state index in [4.69, 9.17) is 34.8 Å². The third-order valence-corrected chi connectivity index (χ3v) is 6.98. The van der Waals surface area contributed by atoms with E-state index in [0.29, 0.717) is 10.4 Å². The quantitative estimate of drug-likeness (QED) is 0.234. The lowest BCUT2D eigenvalue weighted by atomic mass is 10.1. The number of carbonyl (C=O) groups is 1. The Kier molecular flexibility index (Phi) is 5.52. The van der Waals surface area contributed by atoms with Crippen molar-refractivity contribution in [1.82, 2.24) is 19.2 Å². The van der Waals surface area contributed by atoms with Crippen LogP contribution < -0.4 is 0 Å². The van der Waals surface area contributed by atoms with Crippen molar-refractivity contribution in [2.45, 2.75) is 4.90 Å². The summed E-state index contributed by atoms with van der Waals surface area (Å²) in [6.45, 7) is 0. The van der Waals surface area contributed by atoms with Crippen LogP contribution in [0.25, 0.3) is 16.7 Å². The molecule has 0 aliphatic heterocycles. The molecule has 2 aromatic carbocycles. The fourth-order valence-corrected chi connectivity index (χ4v) is 5.23. The van der Waals surface area contributed by atoms with E-state index in [1.54, 1.807) is 0 Å². The first-order chi connectivity index (χ1) is 14.7. The normalized spacial score (nSPS) is 12.4. The van der Waals surface area contributed by atoms with E-state index in [9.17, 15) is 18.3 Å². The van der Waals surface area contributed by atoms with E-state index in [1.807, 2.05) is 0 Å². The van der Waals surface area contributed by atoms with E-state index < -0.39 is 21.6 Å². The lowest BCUT2D eigenvalue weighted by Gasteiger charge is -2.09. The van der Waals surface area contributed by atoms with Crippen molar-refractivity contribution in [2.75, 3.05) is 0 Å². The average molecular weight is 498 g/mol. The largest absolute Gasteiger partial charge is 0.507 e. The third-order valence-electron chi connectivity index (χ3n) is 4.35. The van der Waals surface area contributed by atoms with Crippen molar-refractivity contribution in [3.8, 4) is 0 Å². The van der Waals surface area contributed by atoms with Gasteiger partial charge in [0, 0.05) is 33.3 Å². The summed E-state index contributed by atoms with van der Waals surface area (Å²) >= 11 is 18.1. The molecule has 2 N–H and O–H groups in total. The Labute approximate surface area is 190 Å². The molecule has 4 aromatic rings. The number of hydrogen-bond acceptors (Lipinski definition) is 6. The Balaban J connectivity index is 1.93. The number of halogens is 3. The summed E-state index contributed by atoms with van der Waals surface area (Å²) in [7, 11) is -4.21. The molecule has 0 saturated carbocycles. The number of nitrogens with zero attached hydrogens (tertiary/aromatic N) is 3. The number of ketones is 1. The molecule has 2 aromatic heterocycles. The summed E-state index contributed by atoms with van der Waals surface area (Å²) in [6.07, 6.45) is 3.22. The molecule has 0 aliphatic carbocycles. The topological polar surface area (TPSA) is 118 Å². The molecule has 0 spiro atoms. The van der Waals surface area contributed by atoms with Gasteiger partial charge in [-0.15, -0.1) is 0 Å². The molecule has 4 rings (SSSR count). The Bertz CT molecular complexity index is 1460. The molecule has 0 unspecified atom stereocenters. The number of hydrogen-bond donors (Lipinski definition) is 2. The van der Waals surface area contributed by atoms with E-state index in [0.717, 1.165) is 16.4 Å². The Morgan fingerprint density at radius 1 is 1.10 bits per heavy atom. The van der Waals surface area contributed by atoms with Crippen LogP contribution in [0.3, 0.4) is 0 Å². The number of fused-ring (bicyclic) bond motifs is 1. The van der Waals surface area contributed by atoms with Gasteiger partial charge < -0.3 is 5.11 Å². The number of nitrogens with one attached hydrogen (secondary N) is 1. The number of carbonyl (C=O) groups excluding carboxylic acids is 1. The fraction of sp³-hybridized carbons (Fsp3) is 0. The van der Waals surface area contributed by atoms with Crippen molar-refractivity contribution >= 4 is 67.3 Å². The van der Waals surface area contributed by atoms with Crippen molar-refractivity contribution < 1.29 is 18.3 Å². The van der Waals surface area contributed by atoms with Crippen LogP contribution in [0.5, 0.6) is 0 Å². The molecule has 0 bridgehead atoms. The first-order valence-corrected chi connectivity index (χ1v) is 11.1. The first-order valence-electron chi connectivity index (χ1n) is 8.50. The second-order valence-electron chi connectivity index (χ2n) is 6.31. The van der Waals surface area contributed by atoms with Gasteiger partial charge in [0.1, 0.15) is 17.0 Å². The van der Waals surface area contributed by atoms with Gasteiger partial charge in [-0.1, -0.05) is 34.8 Å². The number of allylic oxidation sites excluding steroid dienone is 1. The van der Waals surface area contributed by atoms with Gasteiger partial charge in [0.2, 0.25) is 5.78 Å². The summed E-state index contributed by atoms with van der Waals surface area (Å²) in [4.78, 5) is 15.7. The summed E-state index contributed by atoms with van der Waals surface area (Å²) in [5.41, 5.74) is 0.273. The average Bonchev–Trinajstić information content (AvgIpc) is 3.37. The molecule has 0 amide bonds. The molecule has 0 atom stereocenters. The van der Waals surface area contributed by atoms with Gasteiger partial charge in [-0.2, -0.15) is 5.10 Å². The number of aliphatic hydroxyl groups excluding tert-OH is 1. The van der Waals surface area contributed by atoms with Crippen molar-refractivity contribution in [3.63, 3.8) is 0 Å². The molecule has 0 fully saturated rings. The van der Waals surface area contributed by atoms with E-state index in [2.05, 4.69) is 15.2 Å². The second-order valence-corrected chi connectivity index (χ2v) is 9.37. The number of aromatic amines is 1. The van der Waals surface area contributed by atoms with Crippen molar-refractivity contribution in [2.24, 2.45) is 0 Å². The van der Waals surface area contributed by atoms with Gasteiger partial charge in [-0.05, 0) is 36.4 Å².